The minimum absolute atomic E-state index is 0.201. The van der Waals surface area contributed by atoms with E-state index in [0.717, 1.165) is 6.26 Å². The molecule has 118 valence electrons. The molecule has 0 spiro atoms. The van der Waals surface area contributed by atoms with Crippen molar-refractivity contribution in [3.05, 3.63) is 11.9 Å². The highest BCUT2D eigenvalue weighted by Crippen LogP contribution is 2.11. The fourth-order valence-electron chi connectivity index (χ4n) is 1.63. The summed E-state index contributed by atoms with van der Waals surface area (Å²) in [5.41, 5.74) is 1.03. The van der Waals surface area contributed by atoms with Crippen molar-refractivity contribution in [3.63, 3.8) is 0 Å². The highest BCUT2D eigenvalue weighted by Gasteiger charge is 2.22. The normalized spacial score (nSPS) is 12.7. The average molecular weight is 318 g/mol. The molecule has 0 radical (unpaired) electrons. The summed E-state index contributed by atoms with van der Waals surface area (Å²) < 4.78 is 23.6. The Morgan fingerprint density at radius 1 is 1.48 bits per heavy atom. The van der Waals surface area contributed by atoms with Gasteiger partial charge in [0.15, 0.2) is 0 Å². The first-order valence-corrected chi connectivity index (χ1v) is 8.13. The number of carbonyl (C=O) groups is 2. The molecule has 1 rings (SSSR count). The van der Waals surface area contributed by atoms with E-state index in [1.54, 1.807) is 20.2 Å². The van der Waals surface area contributed by atoms with Gasteiger partial charge in [-0.2, -0.15) is 5.10 Å². The molecule has 0 bridgehead atoms. The zero-order valence-electron chi connectivity index (χ0n) is 12.0. The number of aromatic nitrogens is 2. The summed E-state index contributed by atoms with van der Waals surface area (Å²) in [5.74, 6) is -1.62. The first-order valence-electron chi connectivity index (χ1n) is 6.07. The number of nitrogens with zero attached hydrogens (tertiary/aromatic N) is 2. The van der Waals surface area contributed by atoms with Gasteiger partial charge in [0.2, 0.25) is 0 Å². The Morgan fingerprint density at radius 3 is 2.52 bits per heavy atom. The van der Waals surface area contributed by atoms with Gasteiger partial charge in [-0.15, -0.1) is 0 Å². The maximum atomic E-state index is 11.7. The van der Waals surface area contributed by atoms with Crippen LogP contribution in [0.5, 0.6) is 0 Å². The minimum Gasteiger partial charge on any atom is -0.480 e. The molecular formula is C11H18N4O5S. The van der Waals surface area contributed by atoms with Gasteiger partial charge in [-0.1, -0.05) is 0 Å². The van der Waals surface area contributed by atoms with Gasteiger partial charge in [0, 0.05) is 19.5 Å². The van der Waals surface area contributed by atoms with Crippen molar-refractivity contribution in [1.82, 2.24) is 15.1 Å². The molecule has 0 fully saturated rings. The molecule has 2 amide bonds. The second-order valence-corrected chi connectivity index (χ2v) is 6.97. The van der Waals surface area contributed by atoms with E-state index in [9.17, 15) is 18.0 Å². The molecule has 1 atom stereocenters. The predicted octanol–water partition coefficient (Wildman–Crippen LogP) is -0.262. The van der Waals surface area contributed by atoms with Crippen LogP contribution in [0.2, 0.25) is 0 Å². The summed E-state index contributed by atoms with van der Waals surface area (Å²) in [7, 11) is -1.62. The van der Waals surface area contributed by atoms with Crippen LogP contribution in [0.25, 0.3) is 0 Å². The molecule has 0 aromatic carbocycles. The zero-order chi connectivity index (χ0) is 16.2. The Morgan fingerprint density at radius 2 is 2.10 bits per heavy atom. The molecule has 10 heteroatoms. The van der Waals surface area contributed by atoms with E-state index in [4.69, 9.17) is 5.11 Å². The van der Waals surface area contributed by atoms with Crippen molar-refractivity contribution in [2.75, 3.05) is 17.3 Å². The number of sulfone groups is 1. The SMILES string of the molecule is Cc1nn(C)cc1NC(=O)NC(CCS(C)(=O)=O)C(=O)O. The summed E-state index contributed by atoms with van der Waals surface area (Å²) in [5, 5.41) is 17.7. The average Bonchev–Trinajstić information content (AvgIpc) is 2.61. The van der Waals surface area contributed by atoms with Gasteiger partial charge in [0.05, 0.1) is 17.1 Å². The molecular weight excluding hydrogens is 300 g/mol. The van der Waals surface area contributed by atoms with Crippen LogP contribution in [0.15, 0.2) is 6.20 Å². The second-order valence-electron chi connectivity index (χ2n) is 4.71. The van der Waals surface area contributed by atoms with Crippen LogP contribution >= 0.6 is 0 Å². The van der Waals surface area contributed by atoms with Crippen molar-refractivity contribution in [2.45, 2.75) is 19.4 Å². The minimum atomic E-state index is -3.30. The molecule has 0 aliphatic rings. The predicted molar refractivity (Wildman–Crippen MR) is 75.9 cm³/mol. The topological polar surface area (TPSA) is 130 Å². The van der Waals surface area contributed by atoms with Crippen LogP contribution in [0.3, 0.4) is 0 Å². The van der Waals surface area contributed by atoms with E-state index in [2.05, 4.69) is 15.7 Å². The third-order valence-corrected chi connectivity index (χ3v) is 3.62. The summed E-state index contributed by atoms with van der Waals surface area (Å²) in [6, 6.07) is -2.01. The number of hydrogen-bond donors (Lipinski definition) is 3. The molecule has 1 aromatic rings. The Labute approximate surface area is 122 Å². The van der Waals surface area contributed by atoms with Crippen molar-refractivity contribution in [3.8, 4) is 0 Å². The smallest absolute Gasteiger partial charge is 0.326 e. The quantitative estimate of drug-likeness (QED) is 0.662. The van der Waals surface area contributed by atoms with Crippen LogP contribution in [0.1, 0.15) is 12.1 Å². The lowest BCUT2D eigenvalue weighted by Gasteiger charge is -2.14. The number of carbonyl (C=O) groups excluding carboxylic acids is 1. The lowest BCUT2D eigenvalue weighted by molar-refractivity contribution is -0.139. The third-order valence-electron chi connectivity index (χ3n) is 2.64. The Hall–Kier alpha value is -2.10. The summed E-state index contributed by atoms with van der Waals surface area (Å²) >= 11 is 0. The largest absolute Gasteiger partial charge is 0.480 e. The number of carboxylic acid groups (broad SMARTS) is 1. The van der Waals surface area contributed by atoms with Crippen molar-refractivity contribution >= 4 is 27.5 Å². The van der Waals surface area contributed by atoms with Crippen LogP contribution in [0.4, 0.5) is 10.5 Å². The van der Waals surface area contributed by atoms with Gasteiger partial charge < -0.3 is 15.7 Å². The number of aryl methyl sites for hydroxylation is 2. The van der Waals surface area contributed by atoms with E-state index in [1.807, 2.05) is 0 Å². The summed E-state index contributed by atoms with van der Waals surface area (Å²) in [6.45, 7) is 1.69. The van der Waals surface area contributed by atoms with Crippen molar-refractivity contribution in [2.24, 2.45) is 7.05 Å². The summed E-state index contributed by atoms with van der Waals surface area (Å²) in [4.78, 5) is 22.8. The van der Waals surface area contributed by atoms with E-state index < -0.39 is 27.9 Å². The van der Waals surface area contributed by atoms with Crippen LogP contribution in [-0.4, -0.2) is 53.4 Å². The number of amides is 2. The number of rotatable bonds is 6. The van der Waals surface area contributed by atoms with Crippen molar-refractivity contribution in [1.29, 1.82) is 0 Å². The number of nitrogens with one attached hydrogen (secondary N) is 2. The van der Waals surface area contributed by atoms with Crippen LogP contribution in [0, 0.1) is 6.92 Å². The second kappa shape index (κ2) is 6.57. The molecule has 0 saturated heterocycles. The van der Waals surface area contributed by atoms with E-state index in [1.165, 1.54) is 4.68 Å². The number of carboxylic acids is 1. The molecule has 1 aromatic heterocycles. The number of urea groups is 1. The Balaban J connectivity index is 2.64. The van der Waals surface area contributed by atoms with Crippen LogP contribution < -0.4 is 10.6 Å². The number of anilines is 1. The molecule has 3 N–H and O–H groups in total. The highest BCUT2D eigenvalue weighted by atomic mass is 32.2. The molecule has 9 nitrogen and oxygen atoms in total. The molecule has 1 unspecified atom stereocenters. The molecule has 1 heterocycles. The first kappa shape index (κ1) is 17.0. The molecule has 21 heavy (non-hydrogen) atoms. The fraction of sp³-hybridized carbons (Fsp3) is 0.545. The van der Waals surface area contributed by atoms with Gasteiger partial charge in [0.1, 0.15) is 15.9 Å². The van der Waals surface area contributed by atoms with Crippen LogP contribution in [-0.2, 0) is 21.7 Å². The fourth-order valence-corrected chi connectivity index (χ4v) is 2.29. The lowest BCUT2D eigenvalue weighted by Crippen LogP contribution is -2.44. The van der Waals surface area contributed by atoms with Crippen molar-refractivity contribution < 1.29 is 23.1 Å². The molecule has 0 aliphatic carbocycles. The van der Waals surface area contributed by atoms with E-state index >= 15 is 0 Å². The van der Waals surface area contributed by atoms with Gasteiger partial charge in [-0.05, 0) is 13.3 Å². The highest BCUT2D eigenvalue weighted by molar-refractivity contribution is 7.90. The van der Waals surface area contributed by atoms with Gasteiger partial charge >= 0.3 is 12.0 Å². The molecule has 0 saturated carbocycles. The van der Waals surface area contributed by atoms with Gasteiger partial charge in [0.25, 0.3) is 0 Å². The Bertz CT molecular complexity index is 637. The maximum Gasteiger partial charge on any atom is 0.326 e. The lowest BCUT2D eigenvalue weighted by atomic mass is 10.2. The standard InChI is InChI=1S/C11H18N4O5S/c1-7-9(6-15(2)14-7)13-11(18)12-8(10(16)17)4-5-21(3,19)20/h6,8H,4-5H2,1-3H3,(H,16,17)(H2,12,13,18). The zero-order valence-corrected chi connectivity index (χ0v) is 12.8. The first-order chi connectivity index (χ1) is 9.58. The number of hydrogen-bond acceptors (Lipinski definition) is 5. The number of aliphatic carboxylic acids is 1. The summed E-state index contributed by atoms with van der Waals surface area (Å²) in [6.07, 6.45) is 2.37. The molecule has 0 aliphatic heterocycles. The van der Waals surface area contributed by atoms with Gasteiger partial charge in [-0.25, -0.2) is 18.0 Å². The monoisotopic (exact) mass is 318 g/mol. The van der Waals surface area contributed by atoms with E-state index in [0.29, 0.717) is 11.4 Å². The maximum absolute atomic E-state index is 11.7. The van der Waals surface area contributed by atoms with Gasteiger partial charge in [-0.3, -0.25) is 4.68 Å². The van der Waals surface area contributed by atoms with E-state index in [-0.39, 0.29) is 12.2 Å². The Kier molecular flexibility index (Phi) is 5.30. The third kappa shape index (κ3) is 5.81.